The number of hydrogen-bond acceptors (Lipinski definition) is 4. The number of rotatable bonds is 4. The fourth-order valence-corrected chi connectivity index (χ4v) is 6.73. The van der Waals surface area contributed by atoms with Crippen LogP contribution < -0.4 is 5.32 Å². The van der Waals surface area contributed by atoms with Gasteiger partial charge in [0.05, 0.1) is 11.2 Å². The summed E-state index contributed by atoms with van der Waals surface area (Å²) in [4.78, 5) is 18.1. The maximum atomic E-state index is 13.5. The van der Waals surface area contributed by atoms with Crippen LogP contribution in [0.15, 0.2) is 36.5 Å². The molecule has 4 fully saturated rings. The number of benzene rings is 1. The maximum absolute atomic E-state index is 13.5. The number of esters is 1. The molecule has 4 aliphatic carbocycles. The van der Waals surface area contributed by atoms with E-state index in [0.717, 1.165) is 53.6 Å². The molecule has 4 nitrogen and oxygen atoms in total. The molecule has 1 heterocycles. The number of para-hydroxylation sites is 1. The van der Waals surface area contributed by atoms with Gasteiger partial charge in [-0.1, -0.05) is 18.2 Å². The fourth-order valence-electron chi connectivity index (χ4n) is 6.73. The smallest absolute Gasteiger partial charge is 0.329 e. The van der Waals surface area contributed by atoms with Crippen LogP contribution in [0.4, 0.5) is 5.69 Å². The van der Waals surface area contributed by atoms with Crippen LogP contribution in [-0.2, 0) is 9.53 Å². The zero-order chi connectivity index (χ0) is 20.2. The van der Waals surface area contributed by atoms with Gasteiger partial charge in [0.15, 0.2) is 0 Å². The van der Waals surface area contributed by atoms with Crippen LogP contribution >= 0.6 is 0 Å². The van der Waals surface area contributed by atoms with E-state index in [4.69, 9.17) is 4.74 Å². The lowest BCUT2D eigenvalue weighted by Gasteiger charge is -2.59. The summed E-state index contributed by atoms with van der Waals surface area (Å²) < 4.78 is 5.95. The second-order valence-electron chi connectivity index (χ2n) is 10.8. The van der Waals surface area contributed by atoms with E-state index in [0.29, 0.717) is 0 Å². The van der Waals surface area contributed by atoms with E-state index in [1.807, 2.05) is 45.2 Å². The van der Waals surface area contributed by atoms with Crippen LogP contribution in [0.2, 0.25) is 0 Å². The molecule has 6 rings (SSSR count). The van der Waals surface area contributed by atoms with Gasteiger partial charge in [-0.2, -0.15) is 0 Å². The molecule has 0 aliphatic heterocycles. The SMILES string of the molecule is CC(C)(C)OC(=O)[C@H](Nc1cccc2cccnc12)C12CC3CC(CC(C3)C1)C2. The fraction of sp³-hybridized carbons (Fsp3) is 0.600. The Morgan fingerprint density at radius 2 is 1.69 bits per heavy atom. The Labute approximate surface area is 173 Å². The summed E-state index contributed by atoms with van der Waals surface area (Å²) in [6.07, 6.45) is 9.33. The van der Waals surface area contributed by atoms with Gasteiger partial charge < -0.3 is 10.1 Å². The van der Waals surface area contributed by atoms with E-state index in [-0.39, 0.29) is 17.4 Å². The van der Waals surface area contributed by atoms with Crippen LogP contribution in [0.3, 0.4) is 0 Å². The summed E-state index contributed by atoms with van der Waals surface area (Å²) in [5, 5.41) is 4.75. The predicted molar refractivity (Wildman–Crippen MR) is 116 cm³/mol. The minimum Gasteiger partial charge on any atom is -0.458 e. The molecule has 2 aromatic rings. The van der Waals surface area contributed by atoms with Gasteiger partial charge in [0, 0.05) is 17.0 Å². The second kappa shape index (κ2) is 6.72. The molecule has 1 aromatic carbocycles. The summed E-state index contributed by atoms with van der Waals surface area (Å²) >= 11 is 0. The number of nitrogens with one attached hydrogen (secondary N) is 1. The molecule has 4 heteroatoms. The van der Waals surface area contributed by atoms with Crippen LogP contribution in [0.25, 0.3) is 10.9 Å². The topological polar surface area (TPSA) is 51.2 Å². The quantitative estimate of drug-likeness (QED) is 0.691. The van der Waals surface area contributed by atoms with Crippen LogP contribution in [0, 0.1) is 23.2 Å². The molecule has 4 saturated carbocycles. The minimum atomic E-state index is -0.490. The van der Waals surface area contributed by atoms with E-state index in [9.17, 15) is 4.79 Å². The van der Waals surface area contributed by atoms with Gasteiger partial charge in [-0.25, -0.2) is 4.79 Å². The predicted octanol–water partition coefficient (Wildman–Crippen LogP) is 5.57. The third kappa shape index (κ3) is 3.51. The zero-order valence-electron chi connectivity index (χ0n) is 17.8. The van der Waals surface area contributed by atoms with Crippen molar-refractivity contribution in [1.82, 2.24) is 4.98 Å². The largest absolute Gasteiger partial charge is 0.458 e. The molecule has 0 amide bonds. The van der Waals surface area contributed by atoms with Crippen molar-refractivity contribution in [3.63, 3.8) is 0 Å². The average Bonchev–Trinajstić information content (AvgIpc) is 2.63. The number of ether oxygens (including phenoxy) is 1. The lowest BCUT2D eigenvalue weighted by Crippen LogP contribution is -2.57. The molecular weight excluding hydrogens is 360 g/mol. The van der Waals surface area contributed by atoms with E-state index in [1.165, 1.54) is 19.3 Å². The van der Waals surface area contributed by atoms with Crippen molar-refractivity contribution in [2.45, 2.75) is 70.9 Å². The maximum Gasteiger partial charge on any atom is 0.329 e. The first-order valence-corrected chi connectivity index (χ1v) is 11.1. The first kappa shape index (κ1) is 18.9. The summed E-state index contributed by atoms with van der Waals surface area (Å²) in [6.45, 7) is 5.88. The van der Waals surface area contributed by atoms with Crippen molar-refractivity contribution < 1.29 is 9.53 Å². The van der Waals surface area contributed by atoms with Crippen molar-refractivity contribution in [3.05, 3.63) is 36.5 Å². The Kier molecular flexibility index (Phi) is 4.38. The molecule has 4 bridgehead atoms. The number of hydrogen-bond donors (Lipinski definition) is 1. The Bertz CT molecular complexity index is 889. The third-order valence-electron chi connectivity index (χ3n) is 7.27. The summed E-state index contributed by atoms with van der Waals surface area (Å²) in [6, 6.07) is 9.87. The molecule has 1 atom stereocenters. The number of nitrogens with zero attached hydrogens (tertiary/aromatic N) is 1. The first-order valence-electron chi connectivity index (χ1n) is 11.1. The highest BCUT2D eigenvalue weighted by molar-refractivity contribution is 5.92. The number of aromatic nitrogens is 1. The molecular formula is C25H32N2O2. The Morgan fingerprint density at radius 3 is 2.31 bits per heavy atom. The first-order chi connectivity index (χ1) is 13.8. The van der Waals surface area contributed by atoms with Crippen molar-refractivity contribution in [2.24, 2.45) is 23.2 Å². The third-order valence-corrected chi connectivity index (χ3v) is 7.27. The number of carbonyl (C=O) groups excluding carboxylic acids is 1. The number of pyridine rings is 1. The monoisotopic (exact) mass is 392 g/mol. The van der Waals surface area contributed by atoms with Gasteiger partial charge in [0.2, 0.25) is 0 Å². The standard InChI is InChI=1S/C25H32N2O2/c1-24(2,3)29-23(28)22(25-13-16-10-17(14-25)12-18(11-16)15-25)27-20-8-4-6-19-7-5-9-26-21(19)20/h4-9,16-18,22,27H,10-15H2,1-3H3/t16?,17?,18?,22-,25?/m0/s1. The lowest BCUT2D eigenvalue weighted by atomic mass is 9.47. The van der Waals surface area contributed by atoms with E-state index in [1.54, 1.807) is 0 Å². The van der Waals surface area contributed by atoms with Gasteiger partial charge in [0.1, 0.15) is 11.6 Å². The molecule has 154 valence electrons. The van der Waals surface area contributed by atoms with E-state index in [2.05, 4.69) is 22.4 Å². The molecule has 29 heavy (non-hydrogen) atoms. The van der Waals surface area contributed by atoms with Gasteiger partial charge in [-0.05, 0) is 89.2 Å². The summed E-state index contributed by atoms with van der Waals surface area (Å²) in [5.41, 5.74) is 1.38. The Balaban J connectivity index is 1.53. The second-order valence-corrected chi connectivity index (χ2v) is 10.8. The van der Waals surface area contributed by atoms with E-state index >= 15 is 0 Å². The highest BCUT2D eigenvalue weighted by Gasteiger charge is 2.56. The minimum absolute atomic E-state index is 0.00796. The van der Waals surface area contributed by atoms with Crippen LogP contribution in [0.1, 0.15) is 59.3 Å². The number of fused-ring (bicyclic) bond motifs is 1. The molecule has 0 unspecified atom stereocenters. The summed E-state index contributed by atoms with van der Waals surface area (Å²) in [5.74, 6) is 2.23. The highest BCUT2D eigenvalue weighted by atomic mass is 16.6. The molecule has 0 radical (unpaired) electrons. The average molecular weight is 393 g/mol. The number of anilines is 1. The molecule has 1 N–H and O–H groups in total. The lowest BCUT2D eigenvalue weighted by molar-refractivity contribution is -0.164. The number of carbonyl (C=O) groups is 1. The van der Waals surface area contributed by atoms with Crippen molar-refractivity contribution in [1.29, 1.82) is 0 Å². The highest BCUT2D eigenvalue weighted by Crippen LogP contribution is 2.61. The van der Waals surface area contributed by atoms with Crippen molar-refractivity contribution in [2.75, 3.05) is 5.32 Å². The Morgan fingerprint density at radius 1 is 1.07 bits per heavy atom. The van der Waals surface area contributed by atoms with Gasteiger partial charge in [-0.15, -0.1) is 0 Å². The molecule has 0 spiro atoms. The zero-order valence-corrected chi connectivity index (χ0v) is 17.8. The van der Waals surface area contributed by atoms with Crippen molar-refractivity contribution in [3.8, 4) is 0 Å². The van der Waals surface area contributed by atoms with E-state index < -0.39 is 5.60 Å². The summed E-state index contributed by atoms with van der Waals surface area (Å²) in [7, 11) is 0. The van der Waals surface area contributed by atoms with Crippen LogP contribution in [-0.4, -0.2) is 22.6 Å². The molecule has 4 aliphatic rings. The van der Waals surface area contributed by atoms with Gasteiger partial charge >= 0.3 is 5.97 Å². The van der Waals surface area contributed by atoms with Gasteiger partial charge in [-0.3, -0.25) is 4.98 Å². The molecule has 0 saturated heterocycles. The normalized spacial score (nSPS) is 31.6. The Hall–Kier alpha value is -2.10. The van der Waals surface area contributed by atoms with Gasteiger partial charge in [0.25, 0.3) is 0 Å². The molecule has 1 aromatic heterocycles. The van der Waals surface area contributed by atoms with Crippen molar-refractivity contribution >= 4 is 22.6 Å². The van der Waals surface area contributed by atoms with Crippen LogP contribution in [0.5, 0.6) is 0 Å².